The van der Waals surface area contributed by atoms with Gasteiger partial charge in [0.15, 0.2) is 11.6 Å². The molecule has 0 spiro atoms. The minimum absolute atomic E-state index is 0.168. The van der Waals surface area contributed by atoms with Crippen LogP contribution >= 0.6 is 0 Å². The van der Waals surface area contributed by atoms with E-state index in [9.17, 15) is 4.79 Å². The van der Waals surface area contributed by atoms with E-state index in [2.05, 4.69) is 30.8 Å². The van der Waals surface area contributed by atoms with E-state index in [1.54, 1.807) is 18.1 Å². The molecule has 0 atom stereocenters. The number of hydrogen-bond acceptors (Lipinski definition) is 7. The normalized spacial score (nSPS) is 10.1. The maximum Gasteiger partial charge on any atom is 0.271 e. The quantitative estimate of drug-likeness (QED) is 0.459. The molecule has 0 aromatic carbocycles. The summed E-state index contributed by atoms with van der Waals surface area (Å²) >= 11 is 0. The second kappa shape index (κ2) is 5.19. The third-order valence-electron chi connectivity index (χ3n) is 2.07. The summed E-state index contributed by atoms with van der Waals surface area (Å²) in [6.45, 7) is 0.224. The van der Waals surface area contributed by atoms with Gasteiger partial charge in [-0.1, -0.05) is 0 Å². The van der Waals surface area contributed by atoms with E-state index in [1.165, 1.54) is 12.4 Å². The molecule has 0 aliphatic rings. The molecule has 9 nitrogen and oxygen atoms in total. The van der Waals surface area contributed by atoms with Gasteiger partial charge in [0.25, 0.3) is 5.91 Å². The molecule has 0 unspecified atom stereocenters. The molecule has 2 heterocycles. The van der Waals surface area contributed by atoms with Gasteiger partial charge in [-0.2, -0.15) is 5.10 Å². The lowest BCUT2D eigenvalue weighted by atomic mass is 10.4. The van der Waals surface area contributed by atoms with Crippen molar-refractivity contribution in [1.29, 1.82) is 0 Å². The SMILES string of the molecule is Cn1cnc(CNC(=O)c2cncc(NN)n2)n1. The Morgan fingerprint density at radius 3 is 3.00 bits per heavy atom. The number of nitrogens with two attached hydrogens (primary N) is 1. The van der Waals surface area contributed by atoms with E-state index in [0.29, 0.717) is 11.6 Å². The Morgan fingerprint density at radius 1 is 1.50 bits per heavy atom. The van der Waals surface area contributed by atoms with Gasteiger partial charge in [0.1, 0.15) is 12.0 Å². The molecule has 0 saturated heterocycles. The smallest absolute Gasteiger partial charge is 0.271 e. The van der Waals surface area contributed by atoms with Crippen LogP contribution in [0.5, 0.6) is 0 Å². The molecular formula is C9H12N8O. The lowest BCUT2D eigenvalue weighted by Crippen LogP contribution is -2.25. The second-order valence-corrected chi connectivity index (χ2v) is 3.45. The fraction of sp³-hybridized carbons (Fsp3) is 0.222. The Bertz CT molecular complexity index is 551. The van der Waals surface area contributed by atoms with Gasteiger partial charge in [-0.25, -0.2) is 15.8 Å². The Kier molecular flexibility index (Phi) is 3.44. The standard InChI is InChI=1S/C9H12N8O/c1-17-5-13-7(16-17)4-12-9(18)6-2-11-3-8(14-6)15-10/h2-3,5H,4,10H2,1H3,(H,12,18)(H,14,15). The van der Waals surface area contributed by atoms with Crippen LogP contribution in [-0.4, -0.2) is 30.6 Å². The van der Waals surface area contributed by atoms with Crippen molar-refractivity contribution < 1.29 is 4.79 Å². The van der Waals surface area contributed by atoms with Gasteiger partial charge in [0.05, 0.1) is 18.9 Å². The Hall–Kier alpha value is -2.55. The first-order chi connectivity index (χ1) is 8.69. The highest BCUT2D eigenvalue weighted by atomic mass is 16.1. The van der Waals surface area contributed by atoms with Gasteiger partial charge in [-0.15, -0.1) is 0 Å². The van der Waals surface area contributed by atoms with Crippen molar-refractivity contribution in [3.8, 4) is 0 Å². The third-order valence-corrected chi connectivity index (χ3v) is 2.07. The highest BCUT2D eigenvalue weighted by molar-refractivity contribution is 5.92. The topological polar surface area (TPSA) is 124 Å². The largest absolute Gasteiger partial charge is 0.343 e. The summed E-state index contributed by atoms with van der Waals surface area (Å²) in [6, 6.07) is 0. The van der Waals surface area contributed by atoms with Crippen molar-refractivity contribution >= 4 is 11.7 Å². The predicted molar refractivity (Wildman–Crippen MR) is 62.0 cm³/mol. The van der Waals surface area contributed by atoms with Gasteiger partial charge in [0, 0.05) is 7.05 Å². The molecule has 9 heteroatoms. The molecule has 94 valence electrons. The molecule has 0 saturated carbocycles. The fourth-order valence-corrected chi connectivity index (χ4v) is 1.26. The summed E-state index contributed by atoms with van der Waals surface area (Å²) in [7, 11) is 1.75. The zero-order valence-electron chi connectivity index (χ0n) is 9.66. The first-order valence-electron chi connectivity index (χ1n) is 5.10. The van der Waals surface area contributed by atoms with Crippen LogP contribution in [0, 0.1) is 0 Å². The van der Waals surface area contributed by atoms with E-state index in [1.807, 2.05) is 0 Å². The molecule has 4 N–H and O–H groups in total. The van der Waals surface area contributed by atoms with Crippen molar-refractivity contribution in [2.45, 2.75) is 6.54 Å². The highest BCUT2D eigenvalue weighted by Gasteiger charge is 2.09. The zero-order valence-corrected chi connectivity index (χ0v) is 9.66. The van der Waals surface area contributed by atoms with Crippen molar-refractivity contribution in [2.75, 3.05) is 5.43 Å². The summed E-state index contributed by atoms with van der Waals surface area (Å²) in [5, 5.41) is 6.66. The molecule has 2 aromatic rings. The molecule has 18 heavy (non-hydrogen) atoms. The van der Waals surface area contributed by atoms with Crippen LogP contribution < -0.4 is 16.6 Å². The number of amides is 1. The zero-order chi connectivity index (χ0) is 13.0. The van der Waals surface area contributed by atoms with Crippen LogP contribution in [0.4, 0.5) is 5.82 Å². The molecule has 0 fully saturated rings. The molecule has 0 radical (unpaired) electrons. The van der Waals surface area contributed by atoms with E-state index in [-0.39, 0.29) is 18.1 Å². The summed E-state index contributed by atoms with van der Waals surface area (Å²) in [5.74, 6) is 5.65. The summed E-state index contributed by atoms with van der Waals surface area (Å²) in [6.07, 6.45) is 4.32. The molecule has 0 bridgehead atoms. The monoisotopic (exact) mass is 248 g/mol. The number of anilines is 1. The summed E-state index contributed by atoms with van der Waals surface area (Å²) in [5.41, 5.74) is 2.49. The average molecular weight is 248 g/mol. The number of nitrogens with zero attached hydrogens (tertiary/aromatic N) is 5. The Balaban J connectivity index is 1.99. The van der Waals surface area contributed by atoms with E-state index >= 15 is 0 Å². The van der Waals surface area contributed by atoms with Crippen molar-refractivity contribution in [2.24, 2.45) is 12.9 Å². The average Bonchev–Trinajstić information content (AvgIpc) is 2.82. The Labute approximate surface area is 102 Å². The summed E-state index contributed by atoms with van der Waals surface area (Å²) in [4.78, 5) is 23.5. The number of hydrogen-bond donors (Lipinski definition) is 3. The van der Waals surface area contributed by atoms with Gasteiger partial charge >= 0.3 is 0 Å². The molecule has 2 rings (SSSR count). The first-order valence-corrected chi connectivity index (χ1v) is 5.10. The minimum atomic E-state index is -0.368. The van der Waals surface area contributed by atoms with Crippen molar-refractivity contribution in [3.05, 3.63) is 30.2 Å². The number of nitrogen functional groups attached to an aromatic ring is 1. The molecule has 2 aromatic heterocycles. The first kappa shape index (κ1) is 11.9. The summed E-state index contributed by atoms with van der Waals surface area (Å²) < 4.78 is 1.56. The lowest BCUT2D eigenvalue weighted by molar-refractivity contribution is 0.0944. The van der Waals surface area contributed by atoms with E-state index in [0.717, 1.165) is 0 Å². The molecule has 0 aliphatic heterocycles. The van der Waals surface area contributed by atoms with Crippen LogP contribution in [0.25, 0.3) is 0 Å². The molecule has 1 amide bonds. The van der Waals surface area contributed by atoms with Crippen molar-refractivity contribution in [3.63, 3.8) is 0 Å². The van der Waals surface area contributed by atoms with Crippen LogP contribution in [0.2, 0.25) is 0 Å². The van der Waals surface area contributed by atoms with Crippen LogP contribution in [0.15, 0.2) is 18.7 Å². The number of rotatable bonds is 4. The third kappa shape index (κ3) is 2.77. The van der Waals surface area contributed by atoms with Crippen molar-refractivity contribution in [1.82, 2.24) is 30.0 Å². The molecule has 0 aliphatic carbocycles. The van der Waals surface area contributed by atoms with E-state index in [4.69, 9.17) is 5.84 Å². The van der Waals surface area contributed by atoms with Gasteiger partial charge < -0.3 is 10.7 Å². The lowest BCUT2D eigenvalue weighted by Gasteiger charge is -2.03. The number of carbonyl (C=O) groups is 1. The number of hydrazine groups is 1. The van der Waals surface area contributed by atoms with E-state index < -0.39 is 0 Å². The van der Waals surface area contributed by atoms with Gasteiger partial charge in [-0.3, -0.25) is 14.5 Å². The highest BCUT2D eigenvalue weighted by Crippen LogP contribution is 2.00. The molecular weight excluding hydrogens is 236 g/mol. The maximum absolute atomic E-state index is 11.7. The number of nitrogens with one attached hydrogen (secondary N) is 2. The van der Waals surface area contributed by atoms with Crippen LogP contribution in [0.1, 0.15) is 16.3 Å². The fourth-order valence-electron chi connectivity index (χ4n) is 1.26. The van der Waals surface area contributed by atoms with Gasteiger partial charge in [-0.05, 0) is 0 Å². The second-order valence-electron chi connectivity index (χ2n) is 3.45. The van der Waals surface area contributed by atoms with Crippen LogP contribution in [0.3, 0.4) is 0 Å². The number of aromatic nitrogens is 5. The number of aryl methyl sites for hydroxylation is 1. The maximum atomic E-state index is 11.7. The Morgan fingerprint density at radius 2 is 2.33 bits per heavy atom. The van der Waals surface area contributed by atoms with Gasteiger partial charge in [0.2, 0.25) is 0 Å². The minimum Gasteiger partial charge on any atom is -0.343 e. The predicted octanol–water partition coefficient (Wildman–Crippen LogP) is -1.18. The number of carbonyl (C=O) groups excluding carboxylic acids is 1. The van der Waals surface area contributed by atoms with Crippen LogP contribution in [-0.2, 0) is 13.6 Å².